The number of hydrogen-bond acceptors (Lipinski definition) is 2. The molecule has 1 N–H and O–H groups in total. The molecular weight excluding hydrogens is 226 g/mol. The van der Waals surface area contributed by atoms with Crippen LogP contribution in [-0.4, -0.2) is 19.1 Å². The Kier molecular flexibility index (Phi) is 5.06. The van der Waals surface area contributed by atoms with Crippen molar-refractivity contribution in [2.45, 2.75) is 32.1 Å². The highest BCUT2D eigenvalue weighted by atomic mass is 16.5. The predicted molar refractivity (Wildman–Crippen MR) is 71.5 cm³/mol. The van der Waals surface area contributed by atoms with Gasteiger partial charge < -0.3 is 10.1 Å². The molecule has 3 heteroatoms. The number of ether oxygens (including phenoxy) is 1. The van der Waals surface area contributed by atoms with E-state index in [9.17, 15) is 4.79 Å². The van der Waals surface area contributed by atoms with Crippen molar-refractivity contribution in [3.05, 3.63) is 30.3 Å². The number of rotatable bonds is 6. The van der Waals surface area contributed by atoms with Crippen LogP contribution in [0.3, 0.4) is 0 Å². The van der Waals surface area contributed by atoms with Gasteiger partial charge in [0.2, 0.25) is 5.91 Å². The summed E-state index contributed by atoms with van der Waals surface area (Å²) in [7, 11) is 0. The first-order valence-corrected chi connectivity index (χ1v) is 6.79. The maximum atomic E-state index is 11.6. The highest BCUT2D eigenvalue weighted by molar-refractivity contribution is 5.76. The third-order valence-corrected chi connectivity index (χ3v) is 3.38. The van der Waals surface area contributed by atoms with Crippen LogP contribution in [0.1, 0.15) is 32.1 Å². The molecule has 0 spiro atoms. The molecule has 18 heavy (non-hydrogen) atoms. The van der Waals surface area contributed by atoms with Crippen LogP contribution >= 0.6 is 0 Å². The lowest BCUT2D eigenvalue weighted by Crippen LogP contribution is -2.29. The Hall–Kier alpha value is -1.51. The number of carbonyl (C=O) groups is 1. The number of hydrogen-bond donors (Lipinski definition) is 1. The summed E-state index contributed by atoms with van der Waals surface area (Å²) < 4.78 is 5.51. The minimum atomic E-state index is 0.165. The molecule has 0 aromatic heterocycles. The largest absolute Gasteiger partial charge is 0.492 e. The Morgan fingerprint density at radius 2 is 1.94 bits per heavy atom. The predicted octanol–water partition coefficient (Wildman–Crippen LogP) is 2.76. The molecule has 0 bridgehead atoms. The molecule has 0 saturated heterocycles. The van der Waals surface area contributed by atoms with E-state index in [-0.39, 0.29) is 5.91 Å². The minimum absolute atomic E-state index is 0.165. The normalized spacial score (nSPS) is 15.6. The van der Waals surface area contributed by atoms with Crippen molar-refractivity contribution in [2.24, 2.45) is 5.92 Å². The van der Waals surface area contributed by atoms with E-state index in [2.05, 4.69) is 5.32 Å². The third kappa shape index (κ3) is 4.40. The zero-order valence-electron chi connectivity index (χ0n) is 10.7. The standard InChI is InChI=1S/C15H21NO2/c17-15(12-13-6-4-5-7-13)16-10-11-18-14-8-2-1-3-9-14/h1-3,8-9,13H,4-7,10-12H2,(H,16,17). The first-order valence-electron chi connectivity index (χ1n) is 6.79. The van der Waals surface area contributed by atoms with Gasteiger partial charge in [-0.3, -0.25) is 4.79 Å². The van der Waals surface area contributed by atoms with Gasteiger partial charge >= 0.3 is 0 Å². The van der Waals surface area contributed by atoms with Gasteiger partial charge in [-0.15, -0.1) is 0 Å². The van der Waals surface area contributed by atoms with Gasteiger partial charge in [0.05, 0.1) is 6.54 Å². The van der Waals surface area contributed by atoms with Gasteiger partial charge in [0, 0.05) is 6.42 Å². The summed E-state index contributed by atoms with van der Waals surface area (Å²) in [5.41, 5.74) is 0. The summed E-state index contributed by atoms with van der Waals surface area (Å²) in [5, 5.41) is 2.92. The molecule has 1 aromatic carbocycles. The number of para-hydroxylation sites is 1. The van der Waals surface area contributed by atoms with Gasteiger partial charge in [-0.1, -0.05) is 31.0 Å². The topological polar surface area (TPSA) is 38.3 Å². The number of amides is 1. The monoisotopic (exact) mass is 247 g/mol. The molecule has 0 aliphatic heterocycles. The van der Waals surface area contributed by atoms with E-state index >= 15 is 0 Å². The second-order valence-electron chi connectivity index (χ2n) is 4.87. The molecule has 1 aliphatic rings. The molecule has 3 nitrogen and oxygen atoms in total. The molecule has 0 unspecified atom stereocenters. The van der Waals surface area contributed by atoms with E-state index in [0.717, 1.165) is 5.75 Å². The summed E-state index contributed by atoms with van der Waals surface area (Å²) in [6.45, 7) is 1.11. The SMILES string of the molecule is O=C(CC1CCCC1)NCCOc1ccccc1. The van der Waals surface area contributed by atoms with E-state index in [1.807, 2.05) is 30.3 Å². The molecule has 1 fully saturated rings. The van der Waals surface area contributed by atoms with E-state index in [0.29, 0.717) is 25.5 Å². The second kappa shape index (κ2) is 7.04. The van der Waals surface area contributed by atoms with Crippen molar-refractivity contribution in [1.29, 1.82) is 0 Å². The molecule has 1 amide bonds. The molecule has 0 atom stereocenters. The van der Waals surface area contributed by atoms with Gasteiger partial charge in [0.1, 0.15) is 12.4 Å². The molecule has 1 aliphatic carbocycles. The summed E-state index contributed by atoms with van der Waals surface area (Å²) in [5.74, 6) is 1.63. The summed E-state index contributed by atoms with van der Waals surface area (Å²) in [6.07, 6.45) is 5.69. The van der Waals surface area contributed by atoms with E-state index in [4.69, 9.17) is 4.74 Å². The van der Waals surface area contributed by atoms with Crippen LogP contribution in [0.25, 0.3) is 0 Å². The lowest BCUT2D eigenvalue weighted by Gasteiger charge is -2.10. The number of carbonyl (C=O) groups excluding carboxylic acids is 1. The average molecular weight is 247 g/mol. The second-order valence-corrected chi connectivity index (χ2v) is 4.87. The fraction of sp³-hybridized carbons (Fsp3) is 0.533. The first-order chi connectivity index (χ1) is 8.84. The Bertz CT molecular complexity index is 358. The summed E-state index contributed by atoms with van der Waals surface area (Å²) in [6, 6.07) is 9.67. The summed E-state index contributed by atoms with van der Waals surface area (Å²) >= 11 is 0. The third-order valence-electron chi connectivity index (χ3n) is 3.38. The Labute approximate surface area is 109 Å². The minimum Gasteiger partial charge on any atom is -0.492 e. The van der Waals surface area contributed by atoms with Crippen LogP contribution in [0.4, 0.5) is 0 Å². The van der Waals surface area contributed by atoms with Crippen molar-refractivity contribution < 1.29 is 9.53 Å². The maximum absolute atomic E-state index is 11.6. The van der Waals surface area contributed by atoms with Crippen molar-refractivity contribution >= 4 is 5.91 Å². The Balaban J connectivity index is 1.56. The van der Waals surface area contributed by atoms with Crippen molar-refractivity contribution in [3.63, 3.8) is 0 Å². The highest BCUT2D eigenvalue weighted by Gasteiger charge is 2.17. The van der Waals surface area contributed by atoms with E-state index in [1.165, 1.54) is 25.7 Å². The van der Waals surface area contributed by atoms with Crippen molar-refractivity contribution in [3.8, 4) is 5.75 Å². The lowest BCUT2D eigenvalue weighted by molar-refractivity contribution is -0.122. The molecule has 0 radical (unpaired) electrons. The zero-order chi connectivity index (χ0) is 12.6. The Morgan fingerprint density at radius 3 is 2.67 bits per heavy atom. The van der Waals surface area contributed by atoms with Crippen LogP contribution in [0, 0.1) is 5.92 Å². The quantitative estimate of drug-likeness (QED) is 0.785. The van der Waals surface area contributed by atoms with Gasteiger partial charge in [0.15, 0.2) is 0 Å². The molecule has 1 saturated carbocycles. The fourth-order valence-electron chi connectivity index (χ4n) is 2.42. The maximum Gasteiger partial charge on any atom is 0.220 e. The lowest BCUT2D eigenvalue weighted by atomic mass is 10.0. The average Bonchev–Trinajstić information content (AvgIpc) is 2.89. The van der Waals surface area contributed by atoms with Crippen molar-refractivity contribution in [1.82, 2.24) is 5.32 Å². The molecule has 1 aromatic rings. The van der Waals surface area contributed by atoms with Crippen LogP contribution in [0.15, 0.2) is 30.3 Å². The molecular formula is C15H21NO2. The van der Waals surface area contributed by atoms with E-state index in [1.54, 1.807) is 0 Å². The molecule has 98 valence electrons. The summed E-state index contributed by atoms with van der Waals surface area (Å²) in [4.78, 5) is 11.6. The van der Waals surface area contributed by atoms with Crippen LogP contribution in [-0.2, 0) is 4.79 Å². The van der Waals surface area contributed by atoms with Crippen LogP contribution < -0.4 is 10.1 Å². The highest BCUT2D eigenvalue weighted by Crippen LogP contribution is 2.27. The van der Waals surface area contributed by atoms with Gasteiger partial charge in [-0.05, 0) is 30.9 Å². The molecule has 2 rings (SSSR count). The van der Waals surface area contributed by atoms with Gasteiger partial charge in [0.25, 0.3) is 0 Å². The number of nitrogens with one attached hydrogen (secondary N) is 1. The Morgan fingerprint density at radius 1 is 1.22 bits per heavy atom. The van der Waals surface area contributed by atoms with Crippen molar-refractivity contribution in [2.75, 3.05) is 13.2 Å². The number of benzene rings is 1. The molecule has 0 heterocycles. The first kappa shape index (κ1) is 12.9. The van der Waals surface area contributed by atoms with Gasteiger partial charge in [-0.25, -0.2) is 0 Å². The van der Waals surface area contributed by atoms with E-state index < -0.39 is 0 Å². The van der Waals surface area contributed by atoms with Crippen LogP contribution in [0.5, 0.6) is 5.75 Å². The smallest absolute Gasteiger partial charge is 0.220 e. The van der Waals surface area contributed by atoms with Crippen LogP contribution in [0.2, 0.25) is 0 Å². The fourth-order valence-corrected chi connectivity index (χ4v) is 2.42. The van der Waals surface area contributed by atoms with Gasteiger partial charge in [-0.2, -0.15) is 0 Å². The zero-order valence-corrected chi connectivity index (χ0v) is 10.7.